The van der Waals surface area contributed by atoms with Crippen molar-refractivity contribution in [3.63, 3.8) is 0 Å². The number of rotatable bonds is 48. The molecule has 0 aliphatic heterocycles. The first kappa shape index (κ1) is 62.3. The molecule has 376 valence electrons. The maximum atomic E-state index is 12.8. The van der Waals surface area contributed by atoms with Crippen LogP contribution in [-0.2, 0) is 28.6 Å². The second-order valence-electron chi connectivity index (χ2n) is 17.8. The minimum Gasteiger partial charge on any atom is -0.462 e. The molecule has 0 saturated heterocycles. The van der Waals surface area contributed by atoms with E-state index in [1.54, 1.807) is 0 Å². The molecule has 0 N–H and O–H groups in total. The van der Waals surface area contributed by atoms with Crippen LogP contribution in [0.25, 0.3) is 0 Å². The fourth-order valence-corrected chi connectivity index (χ4v) is 7.30. The van der Waals surface area contributed by atoms with Gasteiger partial charge in [0.2, 0.25) is 0 Å². The Morgan fingerprint density at radius 1 is 0.333 bits per heavy atom. The topological polar surface area (TPSA) is 78.9 Å². The van der Waals surface area contributed by atoms with Gasteiger partial charge in [-0.1, -0.05) is 240 Å². The summed E-state index contributed by atoms with van der Waals surface area (Å²) in [5.41, 5.74) is 0. The standard InChI is InChI=1S/C60H100O6/c1-4-7-10-13-16-19-22-25-27-29-31-32-35-38-41-44-47-50-53-59(62)65-56-57(55-64-58(61)52-49-46-43-40-37-34-24-21-18-15-12-9-6-3)66-60(63)54-51-48-45-42-39-36-33-30-28-26-23-20-17-14-11-8-5-2/h8,11,17,20,22,25-29,31-33,36,42,45,57H,4-7,9-10,12-16,18-19,21,23-24,30,34-35,37-41,43-44,46-56H2,1-3H3/b11-8-,20-17-,25-22-,28-26-,29-27-,32-31-,36-33-,45-42-. The first-order valence-electron chi connectivity index (χ1n) is 27.3. The molecule has 0 fully saturated rings. The number of ether oxygens (including phenoxy) is 3. The van der Waals surface area contributed by atoms with Crippen molar-refractivity contribution in [2.45, 2.75) is 252 Å². The van der Waals surface area contributed by atoms with E-state index in [1.807, 2.05) is 0 Å². The molecule has 66 heavy (non-hydrogen) atoms. The smallest absolute Gasteiger partial charge is 0.306 e. The van der Waals surface area contributed by atoms with E-state index in [9.17, 15) is 14.4 Å². The van der Waals surface area contributed by atoms with E-state index in [0.29, 0.717) is 19.3 Å². The Morgan fingerprint density at radius 2 is 0.667 bits per heavy atom. The van der Waals surface area contributed by atoms with Crippen LogP contribution < -0.4 is 0 Å². The summed E-state index contributed by atoms with van der Waals surface area (Å²) in [6, 6.07) is 0. The zero-order chi connectivity index (χ0) is 47.9. The fraction of sp³-hybridized carbons (Fsp3) is 0.683. The second-order valence-corrected chi connectivity index (χ2v) is 17.8. The van der Waals surface area contributed by atoms with Crippen LogP contribution in [0, 0.1) is 0 Å². The second kappa shape index (κ2) is 53.9. The molecule has 1 unspecified atom stereocenters. The molecule has 1 atom stereocenters. The van der Waals surface area contributed by atoms with Gasteiger partial charge >= 0.3 is 17.9 Å². The molecule has 0 radical (unpaired) electrons. The van der Waals surface area contributed by atoms with Crippen LogP contribution in [0.2, 0.25) is 0 Å². The van der Waals surface area contributed by atoms with Gasteiger partial charge in [-0.3, -0.25) is 14.4 Å². The molecule has 0 spiro atoms. The maximum Gasteiger partial charge on any atom is 0.306 e. The Labute approximate surface area is 407 Å². The summed E-state index contributed by atoms with van der Waals surface area (Å²) < 4.78 is 16.8. The molecule has 0 aliphatic rings. The van der Waals surface area contributed by atoms with E-state index in [2.05, 4.69) is 118 Å². The summed E-state index contributed by atoms with van der Waals surface area (Å²) in [7, 11) is 0. The Bertz CT molecular complexity index is 1330. The SMILES string of the molecule is CC/C=C\C/C=C\C/C=C\C/C=C\C/C=C\CCCC(=O)OC(COC(=O)CCCCCCC\C=C/C=C\C=C/CCCCCCC)COC(=O)CCCCCCCCCCCCCCC. The normalized spacial score (nSPS) is 12.8. The summed E-state index contributed by atoms with van der Waals surface area (Å²) in [6.45, 7) is 6.44. The lowest BCUT2D eigenvalue weighted by molar-refractivity contribution is -0.167. The van der Waals surface area contributed by atoms with E-state index in [4.69, 9.17) is 14.2 Å². The highest BCUT2D eigenvalue weighted by Gasteiger charge is 2.19. The van der Waals surface area contributed by atoms with Crippen molar-refractivity contribution in [2.24, 2.45) is 0 Å². The largest absolute Gasteiger partial charge is 0.462 e. The quantitative estimate of drug-likeness (QED) is 0.0199. The molecule has 0 aromatic carbocycles. The minimum absolute atomic E-state index is 0.106. The lowest BCUT2D eigenvalue weighted by Gasteiger charge is -2.18. The molecule has 0 bridgehead atoms. The molecular weight excluding hydrogens is 817 g/mol. The third kappa shape index (κ3) is 51.3. The van der Waals surface area contributed by atoms with Gasteiger partial charge in [0, 0.05) is 19.3 Å². The summed E-state index contributed by atoms with van der Waals surface area (Å²) in [6.07, 6.45) is 71.1. The highest BCUT2D eigenvalue weighted by atomic mass is 16.6. The van der Waals surface area contributed by atoms with Crippen LogP contribution in [0.3, 0.4) is 0 Å². The number of hydrogen-bond acceptors (Lipinski definition) is 6. The highest BCUT2D eigenvalue weighted by Crippen LogP contribution is 2.14. The van der Waals surface area contributed by atoms with Crippen molar-refractivity contribution in [1.29, 1.82) is 0 Å². The van der Waals surface area contributed by atoms with Gasteiger partial charge in [-0.05, 0) is 83.5 Å². The lowest BCUT2D eigenvalue weighted by Crippen LogP contribution is -2.30. The molecule has 6 heteroatoms. The molecule has 0 heterocycles. The summed E-state index contributed by atoms with van der Waals surface area (Å²) in [5, 5.41) is 0. The van der Waals surface area contributed by atoms with Crippen molar-refractivity contribution in [3.8, 4) is 0 Å². The van der Waals surface area contributed by atoms with Crippen LogP contribution in [0.15, 0.2) is 97.2 Å². The van der Waals surface area contributed by atoms with Gasteiger partial charge in [-0.2, -0.15) is 0 Å². The van der Waals surface area contributed by atoms with Crippen LogP contribution >= 0.6 is 0 Å². The number of hydrogen-bond donors (Lipinski definition) is 0. The van der Waals surface area contributed by atoms with Crippen LogP contribution in [0.1, 0.15) is 245 Å². The van der Waals surface area contributed by atoms with Crippen LogP contribution in [0.4, 0.5) is 0 Å². The first-order chi connectivity index (χ1) is 32.5. The molecule has 0 amide bonds. The van der Waals surface area contributed by atoms with E-state index >= 15 is 0 Å². The van der Waals surface area contributed by atoms with Gasteiger partial charge in [-0.25, -0.2) is 0 Å². The lowest BCUT2D eigenvalue weighted by atomic mass is 10.0. The van der Waals surface area contributed by atoms with E-state index in [1.165, 1.54) is 96.3 Å². The van der Waals surface area contributed by atoms with Gasteiger partial charge in [0.15, 0.2) is 6.10 Å². The van der Waals surface area contributed by atoms with Gasteiger partial charge in [0.05, 0.1) is 0 Å². The molecule has 0 aromatic heterocycles. The van der Waals surface area contributed by atoms with Crippen molar-refractivity contribution in [1.82, 2.24) is 0 Å². The van der Waals surface area contributed by atoms with Gasteiger partial charge in [0.25, 0.3) is 0 Å². The predicted molar refractivity (Wildman–Crippen MR) is 284 cm³/mol. The molecule has 0 aromatic rings. The number of carbonyl (C=O) groups is 3. The van der Waals surface area contributed by atoms with Crippen molar-refractivity contribution in [2.75, 3.05) is 13.2 Å². The van der Waals surface area contributed by atoms with Crippen molar-refractivity contribution >= 4 is 17.9 Å². The third-order valence-electron chi connectivity index (χ3n) is 11.4. The van der Waals surface area contributed by atoms with Crippen LogP contribution in [-0.4, -0.2) is 37.2 Å². The van der Waals surface area contributed by atoms with Crippen molar-refractivity contribution < 1.29 is 28.6 Å². The third-order valence-corrected chi connectivity index (χ3v) is 11.4. The number of carbonyl (C=O) groups excluding carboxylic acids is 3. The minimum atomic E-state index is -0.815. The average Bonchev–Trinajstić information content (AvgIpc) is 3.31. The zero-order valence-electron chi connectivity index (χ0n) is 42.9. The Hall–Kier alpha value is -3.67. The molecule has 0 rings (SSSR count). The number of allylic oxidation sites excluding steroid dienone is 16. The molecule has 0 aliphatic carbocycles. The van der Waals surface area contributed by atoms with E-state index < -0.39 is 6.10 Å². The van der Waals surface area contributed by atoms with Crippen molar-refractivity contribution in [3.05, 3.63) is 97.2 Å². The Balaban J connectivity index is 4.52. The summed E-state index contributed by atoms with van der Waals surface area (Å²) in [4.78, 5) is 38.0. The average molecular weight is 917 g/mol. The molecular formula is C60H100O6. The highest BCUT2D eigenvalue weighted by molar-refractivity contribution is 5.71. The summed E-state index contributed by atoms with van der Waals surface area (Å²) in [5.74, 6) is -0.984. The van der Waals surface area contributed by atoms with Gasteiger partial charge < -0.3 is 14.2 Å². The first-order valence-corrected chi connectivity index (χ1v) is 27.3. The van der Waals surface area contributed by atoms with E-state index in [-0.39, 0.29) is 37.5 Å². The predicted octanol–water partition coefficient (Wildman–Crippen LogP) is 18.1. The van der Waals surface area contributed by atoms with Gasteiger partial charge in [0.1, 0.15) is 13.2 Å². The maximum absolute atomic E-state index is 12.8. The van der Waals surface area contributed by atoms with Crippen LogP contribution in [0.5, 0.6) is 0 Å². The summed E-state index contributed by atoms with van der Waals surface area (Å²) >= 11 is 0. The number of esters is 3. The Kier molecular flexibility index (Phi) is 50.9. The van der Waals surface area contributed by atoms with E-state index in [0.717, 1.165) is 103 Å². The van der Waals surface area contributed by atoms with Gasteiger partial charge in [-0.15, -0.1) is 0 Å². The zero-order valence-corrected chi connectivity index (χ0v) is 42.9. The monoisotopic (exact) mass is 917 g/mol. The fourth-order valence-electron chi connectivity index (χ4n) is 7.30. The number of unbranched alkanes of at least 4 members (excludes halogenated alkanes) is 23. The Morgan fingerprint density at radius 3 is 1.08 bits per heavy atom. The molecule has 0 saturated carbocycles. The molecule has 6 nitrogen and oxygen atoms in total.